The molecule has 0 saturated carbocycles. The van der Waals surface area contributed by atoms with Gasteiger partial charge < -0.3 is 19.9 Å². The number of phenolic OH excluding ortho intramolecular Hbond substituents is 1. The first kappa shape index (κ1) is 37.2. The van der Waals surface area contributed by atoms with Gasteiger partial charge in [0, 0.05) is 49.3 Å². The Morgan fingerprint density at radius 3 is 2.60 bits per heavy atom. The maximum atomic E-state index is 13.2. The van der Waals surface area contributed by atoms with E-state index in [9.17, 15) is 9.90 Å². The molecule has 0 atom stereocenters. The molecule has 1 aliphatic heterocycles. The van der Waals surface area contributed by atoms with Crippen LogP contribution in [0.25, 0.3) is 20.9 Å². The second kappa shape index (κ2) is 15.5. The van der Waals surface area contributed by atoms with Crippen LogP contribution in [0, 0.1) is 0 Å². The van der Waals surface area contributed by atoms with E-state index >= 15 is 0 Å². The van der Waals surface area contributed by atoms with E-state index in [0.29, 0.717) is 23.0 Å². The Hall–Kier alpha value is -4.04. The number of amides is 2. The second-order valence-electron chi connectivity index (χ2n) is 12.7. The van der Waals surface area contributed by atoms with Crippen LogP contribution in [0.2, 0.25) is 5.02 Å². The number of carbonyl (C=O) groups excluding carboxylic acids is 1. The number of benzene rings is 3. The van der Waals surface area contributed by atoms with Gasteiger partial charge in [-0.1, -0.05) is 61.9 Å². The number of halogens is 3. The average molecular weight is 759 g/mol. The van der Waals surface area contributed by atoms with Gasteiger partial charge >= 0.3 is 6.03 Å². The van der Waals surface area contributed by atoms with Crippen molar-refractivity contribution in [2.45, 2.75) is 39.3 Å². The zero-order valence-corrected chi connectivity index (χ0v) is 30.9. The standard InChI is InChI=1S/C35H36ClN7O4S.2ClH/c1-35(2,3)31-18-32(43(40-31)23-8-11-28(44)26(36)16-23)39-33(45)37-19-22-6-4-5-7-29(22)47-25-9-10-27-30(17-25)48-34-38-20-24(42(27)34)21-41-12-14-46-15-13-41;;/h4-11,16-18,20,44H,12-15,19,21H2,1-3H3,(H2,37,39,45);2*1H. The Balaban J connectivity index is 0.00000243. The SMILES string of the molecule is CC(C)(C)c1cc(NC(=O)NCc2ccccc2Oc2ccc3c(c2)sc2ncc(CN4CCOCC4)n23)n(-c2ccc(O)c(Cl)c2)n1.Cl.Cl. The number of nitrogens with zero attached hydrogens (tertiary/aromatic N) is 5. The number of para-hydroxylation sites is 1. The van der Waals surface area contributed by atoms with E-state index in [2.05, 4.69) is 31.0 Å². The Morgan fingerprint density at radius 1 is 1.06 bits per heavy atom. The average Bonchev–Trinajstić information content (AvgIpc) is 3.77. The summed E-state index contributed by atoms with van der Waals surface area (Å²) in [6.45, 7) is 10.5. The molecule has 50 heavy (non-hydrogen) atoms. The minimum absolute atomic E-state index is 0. The lowest BCUT2D eigenvalue weighted by molar-refractivity contribution is 0.0336. The number of nitrogens with one attached hydrogen (secondary N) is 2. The topological polar surface area (TPSA) is 118 Å². The molecule has 0 spiro atoms. The molecule has 1 aliphatic rings. The van der Waals surface area contributed by atoms with Crippen molar-refractivity contribution in [3.63, 3.8) is 0 Å². The zero-order valence-electron chi connectivity index (χ0n) is 27.7. The molecule has 6 aromatic rings. The van der Waals surface area contributed by atoms with Crippen molar-refractivity contribution in [1.29, 1.82) is 0 Å². The smallest absolute Gasteiger partial charge is 0.320 e. The number of hydrogen-bond acceptors (Lipinski definition) is 8. The third-order valence-electron chi connectivity index (χ3n) is 8.20. The number of imidazole rings is 1. The quantitative estimate of drug-likeness (QED) is 0.143. The maximum absolute atomic E-state index is 13.2. The van der Waals surface area contributed by atoms with E-state index in [1.165, 1.54) is 6.07 Å². The number of phenols is 1. The van der Waals surface area contributed by atoms with Crippen LogP contribution in [-0.2, 0) is 23.2 Å². The summed E-state index contributed by atoms with van der Waals surface area (Å²) < 4.78 is 16.8. The summed E-state index contributed by atoms with van der Waals surface area (Å²) in [6, 6.07) is 19.9. The van der Waals surface area contributed by atoms with Crippen LogP contribution in [0.3, 0.4) is 0 Å². The van der Waals surface area contributed by atoms with Gasteiger partial charge in [-0.15, -0.1) is 24.8 Å². The Labute approximate surface area is 311 Å². The molecule has 0 aliphatic carbocycles. The predicted molar refractivity (Wildman–Crippen MR) is 202 cm³/mol. The molecule has 4 heterocycles. The lowest BCUT2D eigenvalue weighted by Crippen LogP contribution is -2.35. The summed E-state index contributed by atoms with van der Waals surface area (Å²) in [5.74, 6) is 1.78. The van der Waals surface area contributed by atoms with Gasteiger partial charge in [0.05, 0.1) is 51.7 Å². The lowest BCUT2D eigenvalue weighted by Gasteiger charge is -2.26. The van der Waals surface area contributed by atoms with Gasteiger partial charge in [0.15, 0.2) is 4.96 Å². The van der Waals surface area contributed by atoms with Crippen LogP contribution in [0.4, 0.5) is 10.6 Å². The fourth-order valence-electron chi connectivity index (χ4n) is 5.59. The van der Waals surface area contributed by atoms with E-state index in [4.69, 9.17) is 26.2 Å². The van der Waals surface area contributed by atoms with Crippen molar-refractivity contribution < 1.29 is 19.4 Å². The van der Waals surface area contributed by atoms with Crippen molar-refractivity contribution in [2.75, 3.05) is 31.6 Å². The second-order valence-corrected chi connectivity index (χ2v) is 14.1. The molecule has 1 saturated heterocycles. The number of aromatic hydroxyl groups is 1. The van der Waals surface area contributed by atoms with Crippen LogP contribution in [0.1, 0.15) is 37.7 Å². The van der Waals surface area contributed by atoms with E-state index in [1.54, 1.807) is 28.2 Å². The van der Waals surface area contributed by atoms with Gasteiger partial charge in [-0.3, -0.25) is 14.6 Å². The number of ether oxygens (including phenoxy) is 2. The molecular formula is C35H38Cl3N7O4S. The minimum Gasteiger partial charge on any atom is -0.506 e. The number of thiazole rings is 1. The number of rotatable bonds is 8. The van der Waals surface area contributed by atoms with E-state index in [-0.39, 0.29) is 47.5 Å². The van der Waals surface area contributed by atoms with Crippen LogP contribution >= 0.6 is 47.8 Å². The van der Waals surface area contributed by atoms with Gasteiger partial charge in [0.25, 0.3) is 0 Å². The van der Waals surface area contributed by atoms with E-state index in [0.717, 1.165) is 65.0 Å². The highest BCUT2D eigenvalue weighted by atomic mass is 35.5. The van der Waals surface area contributed by atoms with Crippen molar-refractivity contribution in [1.82, 2.24) is 29.4 Å². The highest BCUT2D eigenvalue weighted by Crippen LogP contribution is 2.34. The molecule has 3 N–H and O–H groups in total. The molecule has 0 bridgehead atoms. The van der Waals surface area contributed by atoms with E-state index < -0.39 is 6.03 Å². The lowest BCUT2D eigenvalue weighted by atomic mass is 9.92. The van der Waals surface area contributed by atoms with Gasteiger partial charge in [-0.2, -0.15) is 5.10 Å². The first-order valence-corrected chi connectivity index (χ1v) is 16.9. The third-order valence-corrected chi connectivity index (χ3v) is 9.52. The molecule has 0 unspecified atom stereocenters. The summed E-state index contributed by atoms with van der Waals surface area (Å²) in [6.07, 6.45) is 1.96. The largest absolute Gasteiger partial charge is 0.506 e. The van der Waals surface area contributed by atoms with Gasteiger partial charge in [-0.25, -0.2) is 14.5 Å². The molecular weight excluding hydrogens is 721 g/mol. The number of fused-ring (bicyclic) bond motifs is 3. The fraction of sp³-hybridized carbons (Fsp3) is 0.286. The Bertz CT molecular complexity index is 2120. The maximum Gasteiger partial charge on any atom is 0.320 e. The monoisotopic (exact) mass is 757 g/mol. The number of urea groups is 1. The first-order valence-electron chi connectivity index (χ1n) is 15.7. The highest BCUT2D eigenvalue weighted by Gasteiger charge is 2.22. The molecule has 3 aromatic carbocycles. The zero-order chi connectivity index (χ0) is 33.4. The molecule has 15 heteroatoms. The van der Waals surface area contributed by atoms with Crippen LogP contribution in [0.5, 0.6) is 17.2 Å². The van der Waals surface area contributed by atoms with E-state index in [1.807, 2.05) is 69.4 Å². The Kier molecular flexibility index (Phi) is 11.5. The molecule has 1 fully saturated rings. The number of aromatic nitrogens is 4. The van der Waals surface area contributed by atoms with Crippen LogP contribution in [-0.4, -0.2) is 61.5 Å². The highest BCUT2D eigenvalue weighted by molar-refractivity contribution is 7.23. The van der Waals surface area contributed by atoms with Crippen molar-refractivity contribution in [3.05, 3.63) is 94.9 Å². The summed E-state index contributed by atoms with van der Waals surface area (Å²) in [5.41, 5.74) is 4.19. The normalized spacial score (nSPS) is 13.5. The van der Waals surface area contributed by atoms with Crippen LogP contribution in [0.15, 0.2) is 72.9 Å². The number of hydrogen-bond donors (Lipinski definition) is 3. The van der Waals surface area contributed by atoms with Gasteiger partial charge in [0.2, 0.25) is 0 Å². The van der Waals surface area contributed by atoms with Crippen molar-refractivity contribution in [2.24, 2.45) is 0 Å². The first-order chi connectivity index (χ1) is 23.1. The third kappa shape index (κ3) is 7.96. The van der Waals surface area contributed by atoms with Gasteiger partial charge in [-0.05, 0) is 36.4 Å². The van der Waals surface area contributed by atoms with Gasteiger partial charge in [0.1, 0.15) is 23.1 Å². The number of carbonyl (C=O) groups is 1. The molecule has 2 amide bonds. The Morgan fingerprint density at radius 2 is 1.84 bits per heavy atom. The molecule has 264 valence electrons. The van der Waals surface area contributed by atoms with Crippen molar-refractivity contribution in [3.8, 4) is 22.9 Å². The summed E-state index contributed by atoms with van der Waals surface area (Å²) >= 11 is 7.81. The molecule has 0 radical (unpaired) electrons. The summed E-state index contributed by atoms with van der Waals surface area (Å²) in [7, 11) is 0. The minimum atomic E-state index is -0.410. The summed E-state index contributed by atoms with van der Waals surface area (Å²) in [5, 5.41) is 20.7. The molecule has 7 rings (SSSR count). The summed E-state index contributed by atoms with van der Waals surface area (Å²) in [4.78, 5) is 21.2. The number of anilines is 1. The van der Waals surface area contributed by atoms with Crippen molar-refractivity contribution >= 4 is 74.8 Å². The van der Waals surface area contributed by atoms with Crippen LogP contribution < -0.4 is 15.4 Å². The molecule has 3 aromatic heterocycles. The fourth-order valence-corrected chi connectivity index (χ4v) is 6.82. The molecule has 11 nitrogen and oxygen atoms in total. The number of morpholine rings is 1. The predicted octanol–water partition coefficient (Wildman–Crippen LogP) is 8.18.